The molecule has 5 heterocycles. The zero-order valence-electron chi connectivity index (χ0n) is 22.5. The molecule has 6 rings (SSSR count). The van der Waals surface area contributed by atoms with Crippen molar-refractivity contribution >= 4 is 43.9 Å². The molecule has 0 amide bonds. The number of piperidine rings is 1. The summed E-state index contributed by atoms with van der Waals surface area (Å²) in [5.74, 6) is 2.34. The van der Waals surface area contributed by atoms with Crippen LogP contribution in [0.2, 0.25) is 0 Å². The van der Waals surface area contributed by atoms with E-state index in [2.05, 4.69) is 32.2 Å². The summed E-state index contributed by atoms with van der Waals surface area (Å²) in [4.78, 5) is 18.4. The van der Waals surface area contributed by atoms with Crippen LogP contribution in [0.4, 0.5) is 23.3 Å². The molecule has 3 aliphatic heterocycles. The van der Waals surface area contributed by atoms with Gasteiger partial charge in [-0.05, 0) is 48.4 Å². The normalized spacial score (nSPS) is 20.1. The molecule has 0 unspecified atom stereocenters. The number of nitrogens with zero attached hydrogens (tertiary/aromatic N) is 5. The average molecular weight is 553 g/mol. The van der Waals surface area contributed by atoms with Crippen molar-refractivity contribution in [2.24, 2.45) is 5.92 Å². The predicted molar refractivity (Wildman–Crippen MR) is 153 cm³/mol. The topological polar surface area (TPSA) is 121 Å². The maximum absolute atomic E-state index is 11.7. The fourth-order valence-electron chi connectivity index (χ4n) is 6.02. The summed E-state index contributed by atoms with van der Waals surface area (Å²) in [5, 5.41) is 15.3. The highest BCUT2D eigenvalue weighted by molar-refractivity contribution is 7.90. The highest BCUT2D eigenvalue weighted by Crippen LogP contribution is 2.38. The average Bonchev–Trinajstić information content (AvgIpc) is 2.88. The van der Waals surface area contributed by atoms with Gasteiger partial charge in [0.1, 0.15) is 21.5 Å². The molecule has 2 aromatic heterocycles. The van der Waals surface area contributed by atoms with Crippen LogP contribution >= 0.6 is 0 Å². The van der Waals surface area contributed by atoms with Crippen molar-refractivity contribution in [3.8, 4) is 0 Å². The number of hydrogen-bond acceptors (Lipinski definition) is 10. The fourth-order valence-corrected chi connectivity index (χ4v) is 7.09. The molecule has 3 aromatic rings. The summed E-state index contributed by atoms with van der Waals surface area (Å²) in [6.45, 7) is 6.07. The lowest BCUT2D eigenvalue weighted by molar-refractivity contribution is -0.158. The van der Waals surface area contributed by atoms with Gasteiger partial charge in [-0.15, -0.1) is 0 Å². The van der Waals surface area contributed by atoms with Crippen molar-refractivity contribution in [2.75, 3.05) is 66.5 Å². The number of hydrogen-bond donors (Lipinski definition) is 2. The van der Waals surface area contributed by atoms with Gasteiger partial charge in [0, 0.05) is 74.3 Å². The van der Waals surface area contributed by atoms with Crippen LogP contribution in [0.3, 0.4) is 0 Å². The molecule has 11 heteroatoms. The smallest absolute Gasteiger partial charge is 0.227 e. The zero-order chi connectivity index (χ0) is 27.2. The minimum Gasteiger partial charge on any atom is -0.396 e. The molecule has 1 spiro atoms. The first-order chi connectivity index (χ1) is 18.7. The first-order valence-corrected chi connectivity index (χ1v) is 15.7. The maximum atomic E-state index is 11.7. The molecule has 0 saturated carbocycles. The van der Waals surface area contributed by atoms with E-state index in [0.717, 1.165) is 61.0 Å². The van der Waals surface area contributed by atoms with Gasteiger partial charge in [0.2, 0.25) is 5.95 Å². The van der Waals surface area contributed by atoms with E-state index in [1.165, 1.54) is 6.26 Å². The molecule has 3 aliphatic rings. The van der Waals surface area contributed by atoms with E-state index in [1.807, 2.05) is 25.3 Å². The van der Waals surface area contributed by atoms with E-state index in [0.29, 0.717) is 30.7 Å². The van der Waals surface area contributed by atoms with Gasteiger partial charge in [0.15, 0.2) is 0 Å². The third-order valence-electron chi connectivity index (χ3n) is 8.38. The second kappa shape index (κ2) is 10.2. The number of ether oxygens (including phenoxy) is 1. The number of sulfone groups is 1. The van der Waals surface area contributed by atoms with E-state index in [1.54, 1.807) is 6.20 Å². The maximum Gasteiger partial charge on any atom is 0.227 e. The molecule has 0 aliphatic carbocycles. The number of aliphatic hydroxyl groups excluding tert-OH is 1. The summed E-state index contributed by atoms with van der Waals surface area (Å²) in [5.41, 5.74) is 2.15. The van der Waals surface area contributed by atoms with Gasteiger partial charge in [-0.1, -0.05) is 13.0 Å². The summed E-state index contributed by atoms with van der Waals surface area (Å²) in [6.07, 6.45) is 8.07. The van der Waals surface area contributed by atoms with Gasteiger partial charge in [0.25, 0.3) is 0 Å². The SMILES string of the molecule is C[C@@H](CO)c1ccc(N2CC(CS(C)(=O)=O)C2)c2cnc(Nc3ccnc(N4CCC5(CCO5)CC4)n3)cc12. The first-order valence-electron chi connectivity index (χ1n) is 13.7. The Labute approximate surface area is 229 Å². The molecule has 10 nitrogen and oxygen atoms in total. The number of fused-ring (bicyclic) bond motifs is 1. The Morgan fingerprint density at radius 2 is 1.87 bits per heavy atom. The monoisotopic (exact) mass is 552 g/mol. The van der Waals surface area contributed by atoms with E-state index in [-0.39, 0.29) is 29.8 Å². The summed E-state index contributed by atoms with van der Waals surface area (Å²) in [7, 11) is -3.00. The van der Waals surface area contributed by atoms with Crippen molar-refractivity contribution in [3.05, 3.63) is 42.2 Å². The minimum atomic E-state index is -3.00. The highest BCUT2D eigenvalue weighted by atomic mass is 32.2. The van der Waals surface area contributed by atoms with Gasteiger partial charge in [0.05, 0.1) is 18.0 Å². The fraction of sp³-hybridized carbons (Fsp3) is 0.536. The van der Waals surface area contributed by atoms with Gasteiger partial charge >= 0.3 is 0 Å². The third-order valence-corrected chi connectivity index (χ3v) is 9.45. The van der Waals surface area contributed by atoms with Gasteiger partial charge in [-0.25, -0.2) is 18.4 Å². The van der Waals surface area contributed by atoms with Crippen LogP contribution in [-0.4, -0.2) is 85.5 Å². The zero-order valence-corrected chi connectivity index (χ0v) is 23.3. The molecule has 3 saturated heterocycles. The lowest BCUT2D eigenvalue weighted by Crippen LogP contribution is -2.52. The van der Waals surface area contributed by atoms with Crippen molar-refractivity contribution in [1.29, 1.82) is 0 Å². The van der Waals surface area contributed by atoms with Crippen molar-refractivity contribution < 1.29 is 18.3 Å². The largest absolute Gasteiger partial charge is 0.396 e. The molecule has 0 radical (unpaired) electrons. The molecule has 39 heavy (non-hydrogen) atoms. The lowest BCUT2D eigenvalue weighted by atomic mass is 9.84. The number of pyridine rings is 1. The molecular formula is C28H36N6O4S. The highest BCUT2D eigenvalue weighted by Gasteiger charge is 2.41. The van der Waals surface area contributed by atoms with Crippen molar-refractivity contribution in [3.63, 3.8) is 0 Å². The molecule has 208 valence electrons. The lowest BCUT2D eigenvalue weighted by Gasteiger charge is -2.47. The Balaban J connectivity index is 1.23. The Kier molecular flexibility index (Phi) is 6.84. The molecule has 1 atom stereocenters. The van der Waals surface area contributed by atoms with Crippen LogP contribution in [-0.2, 0) is 14.6 Å². The van der Waals surface area contributed by atoms with Crippen LogP contribution in [0, 0.1) is 5.92 Å². The van der Waals surface area contributed by atoms with Crippen LogP contribution in [0.1, 0.15) is 37.7 Å². The molecule has 1 aromatic carbocycles. The Bertz CT molecular complexity index is 1460. The number of benzene rings is 1. The van der Waals surface area contributed by atoms with Gasteiger partial charge in [-0.2, -0.15) is 4.98 Å². The quantitative estimate of drug-likeness (QED) is 0.431. The van der Waals surface area contributed by atoms with Crippen LogP contribution < -0.4 is 15.1 Å². The number of aromatic nitrogens is 3. The first kappa shape index (κ1) is 26.2. The second-order valence-electron chi connectivity index (χ2n) is 11.4. The van der Waals surface area contributed by atoms with Crippen molar-refractivity contribution in [2.45, 2.75) is 37.7 Å². The summed E-state index contributed by atoms with van der Waals surface area (Å²) < 4.78 is 29.3. The number of nitrogens with one attached hydrogen (secondary N) is 1. The number of rotatable bonds is 8. The van der Waals surface area contributed by atoms with Crippen LogP contribution in [0.25, 0.3) is 10.8 Å². The Morgan fingerprint density at radius 1 is 1.10 bits per heavy atom. The molecule has 3 fully saturated rings. The second-order valence-corrected chi connectivity index (χ2v) is 13.6. The number of aliphatic hydroxyl groups is 1. The van der Waals surface area contributed by atoms with Gasteiger partial charge in [-0.3, -0.25) is 0 Å². The van der Waals surface area contributed by atoms with Crippen molar-refractivity contribution in [1.82, 2.24) is 15.0 Å². The van der Waals surface area contributed by atoms with E-state index >= 15 is 0 Å². The third kappa shape index (κ3) is 5.39. The minimum absolute atomic E-state index is 0.0388. The molecule has 0 bridgehead atoms. The Morgan fingerprint density at radius 3 is 2.54 bits per heavy atom. The molecule has 2 N–H and O–H groups in total. The van der Waals surface area contributed by atoms with E-state index in [9.17, 15) is 13.5 Å². The van der Waals surface area contributed by atoms with E-state index < -0.39 is 9.84 Å². The van der Waals surface area contributed by atoms with Crippen LogP contribution in [0.15, 0.2) is 36.7 Å². The molecular weight excluding hydrogens is 516 g/mol. The standard InChI is InChI=1S/C28H36N6O4S/c1-19(17-35)21-3-4-24(34-15-20(16-34)18-39(2,36)37)23-14-30-26(13-22(21)23)31-25-5-9-29-27(32-25)33-10-6-28(7-11-33)8-12-38-28/h3-5,9,13-14,19-20,35H,6-8,10-12,15-18H2,1-2H3,(H,29,30,31,32)/t19-/m0/s1. The summed E-state index contributed by atoms with van der Waals surface area (Å²) in [6, 6.07) is 7.97. The Hall–Kier alpha value is -3.02. The van der Waals surface area contributed by atoms with Crippen LogP contribution in [0.5, 0.6) is 0 Å². The number of anilines is 4. The summed E-state index contributed by atoms with van der Waals surface area (Å²) >= 11 is 0. The van der Waals surface area contributed by atoms with E-state index in [4.69, 9.17) is 14.7 Å². The van der Waals surface area contributed by atoms with Gasteiger partial charge < -0.3 is 25.0 Å². The predicted octanol–water partition coefficient (Wildman–Crippen LogP) is 3.10.